The molecule has 0 aromatic heterocycles. The fourth-order valence-electron chi connectivity index (χ4n) is 2.93. The molecule has 1 aliphatic heterocycles. The molecule has 1 saturated heterocycles. The van der Waals surface area contributed by atoms with E-state index in [9.17, 15) is 32.9 Å². The third-order valence-electron chi connectivity index (χ3n) is 4.28. The Morgan fingerprint density at radius 3 is 2.46 bits per heavy atom. The summed E-state index contributed by atoms with van der Waals surface area (Å²) in [4.78, 5) is 34.5. The van der Waals surface area contributed by atoms with Gasteiger partial charge in [-0.1, -0.05) is 18.2 Å². The maximum atomic E-state index is 13.0. The van der Waals surface area contributed by atoms with Gasteiger partial charge in [-0.25, -0.2) is 4.79 Å². The quantitative estimate of drug-likeness (QED) is 0.620. The number of rotatable bonds is 4. The van der Waals surface area contributed by atoms with Crippen LogP contribution in [-0.2, 0) is 4.79 Å². The molecule has 3 atom stereocenters. The molecule has 142 valence electrons. The second kappa shape index (κ2) is 7.18. The zero-order chi connectivity index (χ0) is 19.6. The number of nitrogens with one attached hydrogen (secondary N) is 1. The van der Waals surface area contributed by atoms with Gasteiger partial charge in [0.15, 0.2) is 0 Å². The van der Waals surface area contributed by atoms with E-state index >= 15 is 0 Å². The molecule has 1 heterocycles. The lowest BCUT2D eigenvalue weighted by Crippen LogP contribution is -2.40. The van der Waals surface area contributed by atoms with E-state index in [1.54, 1.807) is 0 Å². The Morgan fingerprint density at radius 1 is 1.35 bits per heavy atom. The SMILES string of the molecule is CC(NC(=O)N1C[C@@H](C(F)(F)F)[C@H](C(=O)O)C1)c1ccccc1[N+](=O)[O-]. The van der Waals surface area contributed by atoms with Crippen molar-refractivity contribution in [2.45, 2.75) is 19.1 Å². The van der Waals surface area contributed by atoms with Gasteiger partial charge in [0.25, 0.3) is 5.69 Å². The number of nitrogens with zero attached hydrogens (tertiary/aromatic N) is 2. The van der Waals surface area contributed by atoms with E-state index in [1.165, 1.54) is 31.2 Å². The Bertz CT molecular complexity index is 725. The van der Waals surface area contributed by atoms with Crippen LogP contribution in [0.2, 0.25) is 0 Å². The number of carboxylic acid groups (broad SMARTS) is 1. The summed E-state index contributed by atoms with van der Waals surface area (Å²) in [5.41, 5.74) is -0.0505. The predicted molar refractivity (Wildman–Crippen MR) is 82.3 cm³/mol. The van der Waals surface area contributed by atoms with Gasteiger partial charge in [0, 0.05) is 19.2 Å². The van der Waals surface area contributed by atoms with Gasteiger partial charge in [-0.05, 0) is 6.92 Å². The highest BCUT2D eigenvalue weighted by Gasteiger charge is 2.53. The highest BCUT2D eigenvalue weighted by molar-refractivity contribution is 5.78. The van der Waals surface area contributed by atoms with Crippen molar-refractivity contribution in [3.63, 3.8) is 0 Å². The van der Waals surface area contributed by atoms with Crippen LogP contribution in [0.1, 0.15) is 18.5 Å². The van der Waals surface area contributed by atoms with Gasteiger partial charge in [0.1, 0.15) is 0 Å². The number of halogens is 3. The number of hydrogen-bond donors (Lipinski definition) is 2. The number of para-hydroxylation sites is 1. The molecule has 1 aromatic carbocycles. The molecule has 1 aromatic rings. The minimum absolute atomic E-state index is 0.187. The number of nitro benzene ring substituents is 1. The predicted octanol–water partition coefficient (Wildman–Crippen LogP) is 2.56. The van der Waals surface area contributed by atoms with Gasteiger partial charge in [0.05, 0.1) is 28.4 Å². The molecule has 2 rings (SSSR count). The molecule has 0 saturated carbocycles. The van der Waals surface area contributed by atoms with Crippen LogP contribution in [0.5, 0.6) is 0 Å². The number of amides is 2. The summed E-state index contributed by atoms with van der Waals surface area (Å²) in [6.07, 6.45) is -4.75. The molecule has 0 aliphatic carbocycles. The first kappa shape index (κ1) is 19.5. The normalized spacial score (nSPS) is 21.3. The Morgan fingerprint density at radius 2 is 1.96 bits per heavy atom. The molecular formula is C15H16F3N3O5. The molecule has 8 nitrogen and oxygen atoms in total. The van der Waals surface area contributed by atoms with Crippen LogP contribution in [0.15, 0.2) is 24.3 Å². The summed E-state index contributed by atoms with van der Waals surface area (Å²) < 4.78 is 38.9. The second-order valence-corrected chi connectivity index (χ2v) is 5.98. The second-order valence-electron chi connectivity index (χ2n) is 5.98. The fraction of sp³-hybridized carbons (Fsp3) is 0.467. The Balaban J connectivity index is 2.13. The van der Waals surface area contributed by atoms with Crippen molar-refractivity contribution >= 4 is 17.7 Å². The molecule has 1 fully saturated rings. The lowest BCUT2D eigenvalue weighted by molar-refractivity contribution is -0.385. The van der Waals surface area contributed by atoms with Crippen LogP contribution in [0.25, 0.3) is 0 Å². The van der Waals surface area contributed by atoms with E-state index in [1.807, 2.05) is 0 Å². The Kier molecular flexibility index (Phi) is 5.38. The number of nitro groups is 1. The largest absolute Gasteiger partial charge is 0.481 e. The van der Waals surface area contributed by atoms with Gasteiger partial charge in [-0.2, -0.15) is 13.2 Å². The van der Waals surface area contributed by atoms with Gasteiger partial charge < -0.3 is 15.3 Å². The molecule has 11 heteroatoms. The van der Waals surface area contributed by atoms with E-state index < -0.39 is 54.1 Å². The molecule has 0 bridgehead atoms. The van der Waals surface area contributed by atoms with E-state index in [0.29, 0.717) is 0 Å². The van der Waals surface area contributed by atoms with E-state index in [2.05, 4.69) is 5.32 Å². The first-order valence-electron chi connectivity index (χ1n) is 7.60. The molecule has 0 spiro atoms. The molecule has 0 radical (unpaired) electrons. The molecule has 26 heavy (non-hydrogen) atoms. The number of carbonyl (C=O) groups excluding carboxylic acids is 1. The first-order valence-corrected chi connectivity index (χ1v) is 7.60. The summed E-state index contributed by atoms with van der Waals surface area (Å²) in [7, 11) is 0. The van der Waals surface area contributed by atoms with Gasteiger partial charge in [-0.15, -0.1) is 0 Å². The summed E-state index contributed by atoms with van der Waals surface area (Å²) in [5, 5.41) is 22.4. The van der Waals surface area contributed by atoms with Crippen molar-refractivity contribution in [1.29, 1.82) is 0 Å². The zero-order valence-electron chi connectivity index (χ0n) is 13.6. The van der Waals surface area contributed by atoms with E-state index in [0.717, 1.165) is 4.90 Å². The number of carbonyl (C=O) groups is 2. The number of alkyl halides is 3. The van der Waals surface area contributed by atoms with Crippen molar-refractivity contribution in [3.05, 3.63) is 39.9 Å². The van der Waals surface area contributed by atoms with Crippen LogP contribution in [0, 0.1) is 22.0 Å². The highest BCUT2D eigenvalue weighted by atomic mass is 19.4. The third kappa shape index (κ3) is 4.03. The number of hydrogen-bond acceptors (Lipinski definition) is 4. The Labute approximate surface area is 145 Å². The molecule has 1 unspecified atom stereocenters. The molecule has 2 N–H and O–H groups in total. The maximum absolute atomic E-state index is 13.0. The summed E-state index contributed by atoms with van der Waals surface area (Å²) in [5.74, 6) is -5.54. The number of aliphatic carboxylic acids is 1. The zero-order valence-corrected chi connectivity index (χ0v) is 13.6. The fourth-order valence-corrected chi connectivity index (χ4v) is 2.93. The van der Waals surface area contributed by atoms with Crippen LogP contribution >= 0.6 is 0 Å². The van der Waals surface area contributed by atoms with Crippen LogP contribution in [-0.4, -0.2) is 46.2 Å². The average Bonchev–Trinajstić information content (AvgIpc) is 3.00. The molecule has 1 aliphatic rings. The van der Waals surface area contributed by atoms with Crippen molar-refractivity contribution in [2.24, 2.45) is 11.8 Å². The topological polar surface area (TPSA) is 113 Å². The monoisotopic (exact) mass is 375 g/mol. The molecular weight excluding hydrogens is 359 g/mol. The van der Waals surface area contributed by atoms with Crippen molar-refractivity contribution in [3.8, 4) is 0 Å². The van der Waals surface area contributed by atoms with Crippen LogP contribution in [0.3, 0.4) is 0 Å². The number of likely N-dealkylation sites (tertiary alicyclic amines) is 1. The third-order valence-corrected chi connectivity index (χ3v) is 4.28. The lowest BCUT2D eigenvalue weighted by Gasteiger charge is -2.21. The number of urea groups is 1. The van der Waals surface area contributed by atoms with Gasteiger partial charge in [-0.3, -0.25) is 14.9 Å². The smallest absolute Gasteiger partial charge is 0.394 e. The van der Waals surface area contributed by atoms with Crippen LogP contribution < -0.4 is 5.32 Å². The van der Waals surface area contributed by atoms with E-state index in [-0.39, 0.29) is 11.3 Å². The number of benzene rings is 1. The first-order chi connectivity index (χ1) is 12.0. The van der Waals surface area contributed by atoms with Gasteiger partial charge in [0.2, 0.25) is 0 Å². The van der Waals surface area contributed by atoms with Gasteiger partial charge >= 0.3 is 18.2 Å². The van der Waals surface area contributed by atoms with Crippen molar-refractivity contribution in [2.75, 3.05) is 13.1 Å². The Hall–Kier alpha value is -2.85. The summed E-state index contributed by atoms with van der Waals surface area (Å²) in [6.45, 7) is 0.0804. The highest BCUT2D eigenvalue weighted by Crippen LogP contribution is 2.38. The van der Waals surface area contributed by atoms with Crippen molar-refractivity contribution < 1.29 is 32.8 Å². The lowest BCUT2D eigenvalue weighted by atomic mass is 9.96. The van der Waals surface area contributed by atoms with E-state index in [4.69, 9.17) is 5.11 Å². The minimum Gasteiger partial charge on any atom is -0.481 e. The standard InChI is InChI=1S/C15H16F3N3O5/c1-8(9-4-2-3-5-12(9)21(25)26)19-14(24)20-6-10(13(22)23)11(7-20)15(16,17)18/h2-5,8,10-11H,6-7H2,1H3,(H,19,24)(H,22,23)/t8?,10-,11-/m1/s1. The summed E-state index contributed by atoms with van der Waals surface area (Å²) >= 11 is 0. The van der Waals surface area contributed by atoms with Crippen LogP contribution in [0.4, 0.5) is 23.7 Å². The summed E-state index contributed by atoms with van der Waals surface area (Å²) in [6, 6.07) is 3.88. The maximum Gasteiger partial charge on any atom is 0.394 e. The molecule has 2 amide bonds. The van der Waals surface area contributed by atoms with Crippen molar-refractivity contribution in [1.82, 2.24) is 10.2 Å². The average molecular weight is 375 g/mol. The minimum atomic E-state index is -4.75. The number of carboxylic acids is 1.